The van der Waals surface area contributed by atoms with Gasteiger partial charge in [-0.25, -0.2) is 13.9 Å². The monoisotopic (exact) mass is 368 g/mol. The quantitative estimate of drug-likeness (QED) is 0.703. The van der Waals surface area contributed by atoms with Crippen LogP contribution < -0.4 is 9.79 Å². The van der Waals surface area contributed by atoms with Crippen LogP contribution in [0.3, 0.4) is 0 Å². The third-order valence-electron chi connectivity index (χ3n) is 4.24. The average molecular weight is 368 g/mol. The summed E-state index contributed by atoms with van der Waals surface area (Å²) >= 11 is 0. The highest BCUT2D eigenvalue weighted by Crippen LogP contribution is 2.41. The standard InChI is InChI=1S/C19H16N2O4S/c22-18(20-25-13-14-6-2-1-3-7-14)12-21-16-10-4-8-15-9-5-11-17(19(15)16)26(21,23)24/h1-11H,12-13H2,(H,20,22). The Kier molecular flexibility index (Phi) is 4.10. The second-order valence-electron chi connectivity index (χ2n) is 5.94. The highest BCUT2D eigenvalue weighted by atomic mass is 32.2. The van der Waals surface area contributed by atoms with Crippen LogP contribution in [0.2, 0.25) is 0 Å². The van der Waals surface area contributed by atoms with Crippen LogP contribution >= 0.6 is 0 Å². The minimum Gasteiger partial charge on any atom is -0.271 e. The van der Waals surface area contributed by atoms with Crippen molar-refractivity contribution in [1.82, 2.24) is 5.48 Å². The predicted octanol–water partition coefficient (Wildman–Crippen LogP) is 2.60. The van der Waals surface area contributed by atoms with Gasteiger partial charge in [-0.15, -0.1) is 0 Å². The van der Waals surface area contributed by atoms with Crippen molar-refractivity contribution < 1.29 is 18.0 Å². The second kappa shape index (κ2) is 6.44. The number of sulfonamides is 1. The molecule has 0 radical (unpaired) electrons. The van der Waals surface area contributed by atoms with Gasteiger partial charge in [0.25, 0.3) is 15.9 Å². The van der Waals surface area contributed by atoms with Gasteiger partial charge < -0.3 is 0 Å². The molecule has 0 aliphatic carbocycles. The number of carbonyl (C=O) groups excluding carboxylic acids is 1. The summed E-state index contributed by atoms with van der Waals surface area (Å²) in [5.74, 6) is -0.533. The van der Waals surface area contributed by atoms with E-state index in [4.69, 9.17) is 4.84 Å². The minimum atomic E-state index is -3.75. The first-order valence-corrected chi connectivity index (χ1v) is 9.50. The lowest BCUT2D eigenvalue weighted by molar-refractivity contribution is -0.132. The van der Waals surface area contributed by atoms with Crippen LogP contribution in [-0.2, 0) is 26.3 Å². The number of benzene rings is 3. The number of anilines is 1. The molecular weight excluding hydrogens is 352 g/mol. The molecule has 26 heavy (non-hydrogen) atoms. The third-order valence-corrected chi connectivity index (χ3v) is 6.04. The van der Waals surface area contributed by atoms with Crippen molar-refractivity contribution in [2.75, 3.05) is 10.8 Å². The Balaban J connectivity index is 1.50. The van der Waals surface area contributed by atoms with E-state index in [1.807, 2.05) is 42.5 Å². The maximum atomic E-state index is 12.8. The average Bonchev–Trinajstić information content (AvgIpc) is 2.86. The van der Waals surface area contributed by atoms with Gasteiger partial charge in [0.15, 0.2) is 0 Å². The van der Waals surface area contributed by atoms with E-state index in [0.29, 0.717) is 11.1 Å². The molecule has 0 spiro atoms. The smallest absolute Gasteiger partial charge is 0.265 e. The van der Waals surface area contributed by atoms with Crippen molar-refractivity contribution in [2.45, 2.75) is 11.5 Å². The topological polar surface area (TPSA) is 75.7 Å². The van der Waals surface area contributed by atoms with Gasteiger partial charge in [0.1, 0.15) is 6.54 Å². The lowest BCUT2D eigenvalue weighted by atomic mass is 10.1. The molecule has 4 rings (SSSR count). The number of rotatable bonds is 5. The fourth-order valence-electron chi connectivity index (χ4n) is 3.07. The summed E-state index contributed by atoms with van der Waals surface area (Å²) in [4.78, 5) is 17.6. The molecule has 3 aromatic carbocycles. The van der Waals surface area contributed by atoms with Crippen molar-refractivity contribution in [1.29, 1.82) is 0 Å². The second-order valence-corrected chi connectivity index (χ2v) is 7.77. The van der Waals surface area contributed by atoms with Crippen LogP contribution in [-0.4, -0.2) is 20.9 Å². The van der Waals surface area contributed by atoms with Crippen molar-refractivity contribution in [3.8, 4) is 0 Å². The van der Waals surface area contributed by atoms with E-state index in [9.17, 15) is 13.2 Å². The van der Waals surface area contributed by atoms with Crippen molar-refractivity contribution in [2.24, 2.45) is 0 Å². The fourth-order valence-corrected chi connectivity index (χ4v) is 4.73. The molecule has 1 aliphatic rings. The van der Waals surface area contributed by atoms with Crippen LogP contribution in [0.5, 0.6) is 0 Å². The van der Waals surface area contributed by atoms with E-state index in [0.717, 1.165) is 15.3 Å². The zero-order valence-electron chi connectivity index (χ0n) is 13.8. The summed E-state index contributed by atoms with van der Waals surface area (Å²) in [6, 6.07) is 19.8. The Morgan fingerprint density at radius 2 is 1.69 bits per heavy atom. The Morgan fingerprint density at radius 1 is 0.962 bits per heavy atom. The molecule has 132 valence electrons. The Morgan fingerprint density at radius 3 is 2.46 bits per heavy atom. The number of nitrogens with one attached hydrogen (secondary N) is 1. The van der Waals surface area contributed by atoms with Gasteiger partial charge in [0.05, 0.1) is 17.2 Å². The molecule has 3 aromatic rings. The molecule has 0 atom stereocenters. The Hall–Kier alpha value is -2.90. The molecule has 1 heterocycles. The van der Waals surface area contributed by atoms with Crippen LogP contribution in [0.1, 0.15) is 5.56 Å². The molecule has 0 bridgehead atoms. The molecule has 7 heteroatoms. The molecule has 0 fully saturated rings. The number of nitrogens with zero attached hydrogens (tertiary/aromatic N) is 1. The highest BCUT2D eigenvalue weighted by molar-refractivity contribution is 7.93. The molecule has 0 saturated carbocycles. The molecule has 1 amide bonds. The number of carbonyl (C=O) groups is 1. The van der Waals surface area contributed by atoms with E-state index in [2.05, 4.69) is 5.48 Å². The van der Waals surface area contributed by atoms with E-state index < -0.39 is 15.9 Å². The van der Waals surface area contributed by atoms with Gasteiger partial charge in [0.2, 0.25) is 0 Å². The SMILES string of the molecule is O=C(CN1c2cccc3cccc(c23)S1(=O)=O)NOCc1ccccc1. The van der Waals surface area contributed by atoms with Gasteiger partial charge in [-0.05, 0) is 23.1 Å². The highest BCUT2D eigenvalue weighted by Gasteiger charge is 2.36. The van der Waals surface area contributed by atoms with E-state index in [1.54, 1.807) is 24.3 Å². The minimum absolute atomic E-state index is 0.204. The first-order valence-electron chi connectivity index (χ1n) is 8.06. The Labute approximate surface area is 151 Å². The van der Waals surface area contributed by atoms with Gasteiger partial charge in [-0.3, -0.25) is 13.9 Å². The molecule has 0 aromatic heterocycles. The number of hydrogen-bond acceptors (Lipinski definition) is 4. The zero-order valence-corrected chi connectivity index (χ0v) is 14.6. The van der Waals surface area contributed by atoms with Crippen LogP contribution in [0, 0.1) is 0 Å². The van der Waals surface area contributed by atoms with E-state index in [1.165, 1.54) is 0 Å². The molecule has 0 unspecified atom stereocenters. The largest absolute Gasteiger partial charge is 0.271 e. The van der Waals surface area contributed by atoms with Crippen molar-refractivity contribution in [3.05, 3.63) is 72.3 Å². The summed E-state index contributed by atoms with van der Waals surface area (Å²) in [6.07, 6.45) is 0. The number of hydrogen-bond donors (Lipinski definition) is 1. The zero-order chi connectivity index (χ0) is 18.1. The summed E-state index contributed by atoms with van der Waals surface area (Å²) in [6.45, 7) is -0.139. The lowest BCUT2D eigenvalue weighted by Gasteiger charge is -2.18. The third kappa shape index (κ3) is 2.81. The van der Waals surface area contributed by atoms with Crippen LogP contribution in [0.25, 0.3) is 10.8 Å². The van der Waals surface area contributed by atoms with Gasteiger partial charge in [-0.2, -0.15) is 0 Å². The van der Waals surface area contributed by atoms with E-state index in [-0.39, 0.29) is 18.0 Å². The molecular formula is C19H16N2O4S. The van der Waals surface area contributed by atoms with E-state index >= 15 is 0 Å². The van der Waals surface area contributed by atoms with Crippen LogP contribution in [0.4, 0.5) is 5.69 Å². The predicted molar refractivity (Wildman–Crippen MR) is 97.9 cm³/mol. The Bertz CT molecular complexity index is 1080. The maximum Gasteiger partial charge on any atom is 0.265 e. The number of hydroxylamine groups is 1. The molecule has 1 aliphatic heterocycles. The van der Waals surface area contributed by atoms with Crippen molar-refractivity contribution in [3.63, 3.8) is 0 Å². The van der Waals surface area contributed by atoms with Gasteiger partial charge in [-0.1, -0.05) is 54.6 Å². The molecule has 0 saturated heterocycles. The first-order chi connectivity index (χ1) is 12.6. The van der Waals surface area contributed by atoms with Crippen molar-refractivity contribution >= 4 is 32.4 Å². The summed E-state index contributed by atoms with van der Waals surface area (Å²) < 4.78 is 26.7. The van der Waals surface area contributed by atoms with Gasteiger partial charge >= 0.3 is 0 Å². The normalized spacial score (nSPS) is 14.5. The summed E-state index contributed by atoms with van der Waals surface area (Å²) in [7, 11) is -3.75. The maximum absolute atomic E-state index is 12.8. The number of amides is 1. The summed E-state index contributed by atoms with van der Waals surface area (Å²) in [5.41, 5.74) is 3.72. The molecule has 1 N–H and O–H groups in total. The van der Waals surface area contributed by atoms with Gasteiger partial charge in [0, 0.05) is 5.39 Å². The first kappa shape index (κ1) is 16.6. The lowest BCUT2D eigenvalue weighted by Crippen LogP contribution is -2.38. The fraction of sp³-hybridized carbons (Fsp3) is 0.105. The molecule has 6 nitrogen and oxygen atoms in total. The summed E-state index contributed by atoms with van der Waals surface area (Å²) in [5, 5.41) is 1.47. The van der Waals surface area contributed by atoms with Crippen LogP contribution in [0.15, 0.2) is 71.6 Å².